The molecule has 0 bridgehead atoms. The van der Waals surface area contributed by atoms with Crippen LogP contribution in [-0.2, 0) is 17.8 Å². The average molecular weight is 392 g/mol. The van der Waals surface area contributed by atoms with Crippen LogP contribution in [0.1, 0.15) is 11.1 Å². The van der Waals surface area contributed by atoms with Crippen LogP contribution >= 0.6 is 0 Å². The lowest BCUT2D eigenvalue weighted by molar-refractivity contribution is -0.122. The maximum absolute atomic E-state index is 12.1. The van der Waals surface area contributed by atoms with E-state index in [9.17, 15) is 13.6 Å². The number of rotatable bonds is 9. The number of carbonyl (C=O) groups excluding carboxylic acids is 1. The molecule has 1 aliphatic heterocycles. The minimum atomic E-state index is -2.83. The van der Waals surface area contributed by atoms with Crippen LogP contribution in [0.5, 0.6) is 17.2 Å². The molecule has 0 radical (unpaired) electrons. The van der Waals surface area contributed by atoms with Crippen LogP contribution in [0.3, 0.4) is 0 Å². The number of carbonyl (C=O) groups is 1. The first-order chi connectivity index (χ1) is 13.5. The van der Waals surface area contributed by atoms with Crippen molar-refractivity contribution in [3.8, 4) is 17.2 Å². The van der Waals surface area contributed by atoms with Gasteiger partial charge in [0.15, 0.2) is 11.5 Å². The van der Waals surface area contributed by atoms with Crippen molar-refractivity contribution in [1.82, 2.24) is 10.2 Å². The topological polar surface area (TPSA) is 60.0 Å². The van der Waals surface area contributed by atoms with E-state index in [1.165, 1.54) is 12.1 Å². The van der Waals surface area contributed by atoms with Crippen molar-refractivity contribution in [2.75, 3.05) is 26.9 Å². The van der Waals surface area contributed by atoms with E-state index in [1.54, 1.807) is 12.1 Å². The van der Waals surface area contributed by atoms with Crippen molar-refractivity contribution in [1.29, 1.82) is 0 Å². The predicted octanol–water partition coefficient (Wildman–Crippen LogP) is 2.81. The molecular formula is C20H22F2N2O4. The van der Waals surface area contributed by atoms with E-state index in [1.807, 2.05) is 30.1 Å². The zero-order chi connectivity index (χ0) is 19.9. The molecule has 1 heterocycles. The second kappa shape index (κ2) is 9.36. The Bertz CT molecular complexity index is 799. The Morgan fingerprint density at radius 2 is 1.86 bits per heavy atom. The van der Waals surface area contributed by atoms with Gasteiger partial charge in [-0.15, -0.1) is 0 Å². The summed E-state index contributed by atoms with van der Waals surface area (Å²) >= 11 is 0. The normalized spacial score (nSPS) is 12.5. The Kier molecular flexibility index (Phi) is 6.65. The number of fused-ring (bicyclic) bond motifs is 1. The Morgan fingerprint density at radius 3 is 2.61 bits per heavy atom. The molecule has 3 rings (SSSR count). The Hall–Kier alpha value is -2.87. The smallest absolute Gasteiger partial charge is 0.387 e. The summed E-state index contributed by atoms with van der Waals surface area (Å²) in [4.78, 5) is 14.0. The van der Waals surface area contributed by atoms with Crippen LogP contribution in [0.15, 0.2) is 42.5 Å². The maximum atomic E-state index is 12.1. The molecule has 1 amide bonds. The van der Waals surface area contributed by atoms with Gasteiger partial charge in [-0.25, -0.2) is 0 Å². The minimum Gasteiger partial charge on any atom is -0.454 e. The molecule has 8 heteroatoms. The first-order valence-electron chi connectivity index (χ1n) is 8.87. The third-order valence-electron chi connectivity index (χ3n) is 4.19. The lowest BCUT2D eigenvalue weighted by Gasteiger charge is -2.16. The van der Waals surface area contributed by atoms with Gasteiger partial charge in [0.2, 0.25) is 12.7 Å². The minimum absolute atomic E-state index is 0.0825. The van der Waals surface area contributed by atoms with Gasteiger partial charge in [0.05, 0.1) is 6.54 Å². The molecule has 0 atom stereocenters. The summed E-state index contributed by atoms with van der Waals surface area (Å²) < 4.78 is 39.2. The average Bonchev–Trinajstić information content (AvgIpc) is 3.10. The van der Waals surface area contributed by atoms with Gasteiger partial charge >= 0.3 is 6.61 Å². The summed E-state index contributed by atoms with van der Waals surface area (Å²) in [5, 5.41) is 2.86. The Labute approximate surface area is 162 Å². The highest BCUT2D eigenvalue weighted by Gasteiger charge is 2.14. The molecule has 150 valence electrons. The summed E-state index contributed by atoms with van der Waals surface area (Å²) in [5.41, 5.74) is 1.96. The van der Waals surface area contributed by atoms with Crippen molar-refractivity contribution < 1.29 is 27.8 Å². The van der Waals surface area contributed by atoms with E-state index >= 15 is 0 Å². The highest BCUT2D eigenvalue weighted by atomic mass is 19.3. The highest BCUT2D eigenvalue weighted by molar-refractivity contribution is 5.77. The van der Waals surface area contributed by atoms with Crippen LogP contribution in [0, 0.1) is 0 Å². The standard InChI is InChI=1S/C20H22F2N2O4/c1-24(11-15-4-7-17-18(10-15)27-13-26-17)12-19(25)23-9-8-14-2-5-16(6-3-14)28-20(21)22/h2-7,10,20H,8-9,11-13H2,1H3,(H,23,25). The summed E-state index contributed by atoms with van der Waals surface area (Å²) in [6, 6.07) is 12.1. The second-order valence-corrected chi connectivity index (χ2v) is 6.48. The van der Waals surface area contributed by atoms with Gasteiger partial charge in [0.25, 0.3) is 0 Å². The highest BCUT2D eigenvalue weighted by Crippen LogP contribution is 2.32. The van der Waals surface area contributed by atoms with Gasteiger partial charge in [-0.2, -0.15) is 8.78 Å². The Balaban J connectivity index is 1.38. The van der Waals surface area contributed by atoms with E-state index in [0.29, 0.717) is 19.5 Å². The molecule has 0 saturated carbocycles. The lowest BCUT2D eigenvalue weighted by atomic mass is 10.1. The van der Waals surface area contributed by atoms with Gasteiger partial charge in [-0.1, -0.05) is 18.2 Å². The fraction of sp³-hybridized carbons (Fsp3) is 0.350. The quantitative estimate of drug-likeness (QED) is 0.711. The first kappa shape index (κ1) is 19.9. The second-order valence-electron chi connectivity index (χ2n) is 6.48. The van der Waals surface area contributed by atoms with Crippen molar-refractivity contribution in [3.63, 3.8) is 0 Å². The molecule has 0 aliphatic carbocycles. The zero-order valence-electron chi connectivity index (χ0n) is 15.5. The molecule has 0 saturated heterocycles. The molecule has 0 aromatic heterocycles. The third kappa shape index (κ3) is 5.82. The number of amides is 1. The SMILES string of the molecule is CN(CC(=O)NCCc1ccc(OC(F)F)cc1)Cc1ccc2c(c1)OCO2. The number of halogens is 2. The monoisotopic (exact) mass is 392 g/mol. The van der Waals surface area contributed by atoms with Crippen LogP contribution in [-0.4, -0.2) is 44.3 Å². The first-order valence-corrected chi connectivity index (χ1v) is 8.87. The molecule has 0 fully saturated rings. The molecule has 1 N–H and O–H groups in total. The van der Waals surface area contributed by atoms with Crippen LogP contribution in [0.2, 0.25) is 0 Å². The van der Waals surface area contributed by atoms with Gasteiger partial charge < -0.3 is 19.5 Å². The van der Waals surface area contributed by atoms with E-state index in [4.69, 9.17) is 9.47 Å². The molecule has 28 heavy (non-hydrogen) atoms. The van der Waals surface area contributed by atoms with Gasteiger partial charge in [0.1, 0.15) is 5.75 Å². The number of nitrogens with zero attached hydrogens (tertiary/aromatic N) is 1. The summed E-state index contributed by atoms with van der Waals surface area (Å²) in [7, 11) is 1.87. The largest absolute Gasteiger partial charge is 0.454 e. The molecule has 0 unspecified atom stereocenters. The number of hydrogen-bond acceptors (Lipinski definition) is 5. The molecule has 2 aromatic rings. The van der Waals surface area contributed by atoms with Crippen molar-refractivity contribution in [2.24, 2.45) is 0 Å². The third-order valence-corrected chi connectivity index (χ3v) is 4.19. The molecule has 6 nitrogen and oxygen atoms in total. The molecular weight excluding hydrogens is 370 g/mol. The number of alkyl halides is 2. The number of nitrogens with one attached hydrogen (secondary N) is 1. The van der Waals surface area contributed by atoms with E-state index in [-0.39, 0.29) is 25.0 Å². The molecule has 2 aromatic carbocycles. The predicted molar refractivity (Wildman–Crippen MR) is 98.7 cm³/mol. The number of benzene rings is 2. The van der Waals surface area contributed by atoms with Crippen molar-refractivity contribution in [3.05, 3.63) is 53.6 Å². The van der Waals surface area contributed by atoms with Crippen molar-refractivity contribution >= 4 is 5.91 Å². The van der Waals surface area contributed by atoms with Crippen LogP contribution in [0.4, 0.5) is 8.78 Å². The zero-order valence-corrected chi connectivity index (χ0v) is 15.5. The maximum Gasteiger partial charge on any atom is 0.387 e. The number of hydrogen-bond donors (Lipinski definition) is 1. The van der Waals surface area contributed by atoms with Crippen LogP contribution in [0.25, 0.3) is 0 Å². The molecule has 1 aliphatic rings. The fourth-order valence-corrected chi connectivity index (χ4v) is 2.89. The van der Waals surface area contributed by atoms with Gasteiger partial charge in [0, 0.05) is 13.1 Å². The number of likely N-dealkylation sites (N-methyl/N-ethyl adjacent to an activating group) is 1. The van der Waals surface area contributed by atoms with E-state index < -0.39 is 6.61 Å². The fourth-order valence-electron chi connectivity index (χ4n) is 2.89. The van der Waals surface area contributed by atoms with E-state index in [0.717, 1.165) is 22.6 Å². The number of ether oxygens (including phenoxy) is 3. The van der Waals surface area contributed by atoms with Crippen molar-refractivity contribution in [2.45, 2.75) is 19.6 Å². The van der Waals surface area contributed by atoms with Crippen LogP contribution < -0.4 is 19.5 Å². The molecule has 0 spiro atoms. The van der Waals surface area contributed by atoms with E-state index in [2.05, 4.69) is 10.1 Å². The Morgan fingerprint density at radius 1 is 1.14 bits per heavy atom. The van der Waals surface area contributed by atoms with Gasteiger partial charge in [-0.3, -0.25) is 9.69 Å². The summed E-state index contributed by atoms with van der Waals surface area (Å²) in [6.45, 7) is -1.27. The lowest BCUT2D eigenvalue weighted by Crippen LogP contribution is -2.35. The summed E-state index contributed by atoms with van der Waals surface area (Å²) in [5.74, 6) is 1.49. The summed E-state index contributed by atoms with van der Waals surface area (Å²) in [6.07, 6.45) is 0.604. The van der Waals surface area contributed by atoms with Gasteiger partial charge in [-0.05, 0) is 48.9 Å².